The molecule has 1 fully saturated rings. The van der Waals surface area contributed by atoms with E-state index in [1.807, 2.05) is 0 Å². The third kappa shape index (κ3) is 4.07. The highest BCUT2D eigenvalue weighted by Crippen LogP contribution is 2.39. The zero-order valence-electron chi connectivity index (χ0n) is 13.0. The van der Waals surface area contributed by atoms with Crippen LogP contribution in [0.3, 0.4) is 0 Å². The minimum absolute atomic E-state index is 0.568. The highest BCUT2D eigenvalue weighted by Gasteiger charge is 2.30. The molecular formula is C18H29N. The molecule has 1 N–H and O–H groups in total. The lowest BCUT2D eigenvalue weighted by Crippen LogP contribution is -2.38. The van der Waals surface area contributed by atoms with Crippen molar-refractivity contribution in [2.24, 2.45) is 11.3 Å². The SMILES string of the molecule is CNC(Cc1cccc(C)c1)C1CCC(C)(C)CC1. The number of hydrogen-bond acceptors (Lipinski definition) is 1. The van der Waals surface area contributed by atoms with Crippen molar-refractivity contribution in [2.75, 3.05) is 7.05 Å². The van der Waals surface area contributed by atoms with Gasteiger partial charge in [-0.3, -0.25) is 0 Å². The van der Waals surface area contributed by atoms with Crippen LogP contribution in [-0.2, 0) is 6.42 Å². The maximum Gasteiger partial charge on any atom is 0.0133 e. The summed E-state index contributed by atoms with van der Waals surface area (Å²) in [7, 11) is 2.13. The quantitative estimate of drug-likeness (QED) is 0.848. The average molecular weight is 259 g/mol. The number of hydrogen-bond donors (Lipinski definition) is 1. The summed E-state index contributed by atoms with van der Waals surface area (Å²) in [6, 6.07) is 9.60. The standard InChI is InChI=1S/C18H29N/c1-14-6-5-7-15(12-14)13-17(19-4)16-8-10-18(2,3)11-9-16/h5-7,12,16-17,19H,8-11,13H2,1-4H3. The Morgan fingerprint density at radius 1 is 1.26 bits per heavy atom. The van der Waals surface area contributed by atoms with Gasteiger partial charge in [0, 0.05) is 6.04 Å². The summed E-state index contributed by atoms with van der Waals surface area (Å²) in [6.45, 7) is 7.01. The number of rotatable bonds is 4. The van der Waals surface area contributed by atoms with Gasteiger partial charge < -0.3 is 5.32 Å². The van der Waals surface area contributed by atoms with Crippen molar-refractivity contribution in [1.29, 1.82) is 0 Å². The summed E-state index contributed by atoms with van der Waals surface area (Å²) in [4.78, 5) is 0. The number of nitrogens with one attached hydrogen (secondary N) is 1. The van der Waals surface area contributed by atoms with Crippen LogP contribution >= 0.6 is 0 Å². The van der Waals surface area contributed by atoms with Crippen molar-refractivity contribution >= 4 is 0 Å². The summed E-state index contributed by atoms with van der Waals surface area (Å²) < 4.78 is 0. The van der Waals surface area contributed by atoms with Gasteiger partial charge in [-0.15, -0.1) is 0 Å². The summed E-state index contributed by atoms with van der Waals surface area (Å²) in [5, 5.41) is 3.57. The molecule has 1 nitrogen and oxygen atoms in total. The van der Waals surface area contributed by atoms with E-state index >= 15 is 0 Å². The van der Waals surface area contributed by atoms with Gasteiger partial charge in [-0.05, 0) is 63.0 Å². The Labute approximate surface area is 118 Å². The third-order valence-corrected chi connectivity index (χ3v) is 4.86. The maximum absolute atomic E-state index is 3.57. The molecule has 0 aromatic heterocycles. The summed E-state index contributed by atoms with van der Waals surface area (Å²) in [6.07, 6.45) is 6.69. The first-order valence-electron chi connectivity index (χ1n) is 7.73. The van der Waals surface area contributed by atoms with Crippen LogP contribution in [0.2, 0.25) is 0 Å². The van der Waals surface area contributed by atoms with E-state index in [4.69, 9.17) is 0 Å². The van der Waals surface area contributed by atoms with Gasteiger partial charge in [0.2, 0.25) is 0 Å². The minimum atomic E-state index is 0.568. The predicted molar refractivity (Wildman–Crippen MR) is 83.5 cm³/mol. The van der Waals surface area contributed by atoms with E-state index in [1.165, 1.54) is 43.2 Å². The molecule has 0 spiro atoms. The highest BCUT2D eigenvalue weighted by atomic mass is 14.9. The van der Waals surface area contributed by atoms with Gasteiger partial charge >= 0.3 is 0 Å². The molecule has 1 aromatic carbocycles. The summed E-state index contributed by atoms with van der Waals surface area (Å²) >= 11 is 0. The van der Waals surface area contributed by atoms with Crippen LogP contribution in [0.15, 0.2) is 24.3 Å². The maximum atomic E-state index is 3.57. The van der Waals surface area contributed by atoms with Crippen LogP contribution in [0.4, 0.5) is 0 Å². The Kier molecular flexibility index (Phi) is 4.67. The topological polar surface area (TPSA) is 12.0 Å². The zero-order valence-corrected chi connectivity index (χ0v) is 13.0. The van der Waals surface area contributed by atoms with Gasteiger partial charge in [0.1, 0.15) is 0 Å². The molecular weight excluding hydrogens is 230 g/mol. The molecule has 106 valence electrons. The van der Waals surface area contributed by atoms with Gasteiger partial charge in [-0.1, -0.05) is 43.7 Å². The van der Waals surface area contributed by atoms with Crippen molar-refractivity contribution in [3.05, 3.63) is 35.4 Å². The van der Waals surface area contributed by atoms with E-state index in [9.17, 15) is 0 Å². The van der Waals surface area contributed by atoms with Gasteiger partial charge in [0.25, 0.3) is 0 Å². The molecule has 1 aliphatic carbocycles. The Balaban J connectivity index is 1.97. The minimum Gasteiger partial charge on any atom is -0.316 e. The molecule has 0 aliphatic heterocycles. The second kappa shape index (κ2) is 6.09. The van der Waals surface area contributed by atoms with Crippen molar-refractivity contribution < 1.29 is 0 Å². The zero-order chi connectivity index (χ0) is 13.9. The monoisotopic (exact) mass is 259 g/mol. The molecule has 0 bridgehead atoms. The molecule has 1 saturated carbocycles. The van der Waals surface area contributed by atoms with Crippen LogP contribution < -0.4 is 5.32 Å². The van der Waals surface area contributed by atoms with Crippen LogP contribution in [0.1, 0.15) is 50.7 Å². The van der Waals surface area contributed by atoms with Gasteiger partial charge in [-0.25, -0.2) is 0 Å². The molecule has 0 radical (unpaired) electrons. The summed E-state index contributed by atoms with van der Waals surface area (Å²) in [5.74, 6) is 0.846. The van der Waals surface area contributed by atoms with E-state index in [1.54, 1.807) is 0 Å². The van der Waals surface area contributed by atoms with E-state index in [-0.39, 0.29) is 0 Å². The molecule has 0 heterocycles. The van der Waals surface area contributed by atoms with E-state index in [0.29, 0.717) is 11.5 Å². The molecule has 2 rings (SSSR count). The van der Waals surface area contributed by atoms with Crippen LogP contribution in [0.5, 0.6) is 0 Å². The third-order valence-electron chi connectivity index (χ3n) is 4.86. The van der Waals surface area contributed by atoms with Gasteiger partial charge in [0.05, 0.1) is 0 Å². The summed E-state index contributed by atoms with van der Waals surface area (Å²) in [5.41, 5.74) is 3.42. The first-order chi connectivity index (χ1) is 9.00. The number of aryl methyl sites for hydroxylation is 1. The molecule has 1 heteroatoms. The van der Waals surface area contributed by atoms with Crippen molar-refractivity contribution in [1.82, 2.24) is 5.32 Å². The molecule has 1 unspecified atom stereocenters. The smallest absolute Gasteiger partial charge is 0.0133 e. The van der Waals surface area contributed by atoms with Crippen LogP contribution in [0, 0.1) is 18.3 Å². The fourth-order valence-electron chi connectivity index (χ4n) is 3.42. The molecule has 1 aliphatic rings. The average Bonchev–Trinajstić information content (AvgIpc) is 2.36. The molecule has 19 heavy (non-hydrogen) atoms. The first kappa shape index (κ1) is 14.6. The first-order valence-corrected chi connectivity index (χ1v) is 7.73. The fourth-order valence-corrected chi connectivity index (χ4v) is 3.42. The highest BCUT2D eigenvalue weighted by molar-refractivity contribution is 5.23. The molecule has 0 saturated heterocycles. The Morgan fingerprint density at radius 3 is 2.53 bits per heavy atom. The van der Waals surface area contributed by atoms with Crippen LogP contribution in [0.25, 0.3) is 0 Å². The molecule has 1 aromatic rings. The van der Waals surface area contributed by atoms with E-state index in [0.717, 1.165) is 5.92 Å². The molecule has 0 amide bonds. The molecule has 1 atom stereocenters. The van der Waals surface area contributed by atoms with E-state index < -0.39 is 0 Å². The Hall–Kier alpha value is -0.820. The Morgan fingerprint density at radius 2 is 1.95 bits per heavy atom. The lowest BCUT2D eigenvalue weighted by Gasteiger charge is -2.38. The van der Waals surface area contributed by atoms with Crippen molar-refractivity contribution in [2.45, 2.75) is 58.9 Å². The van der Waals surface area contributed by atoms with Crippen LogP contribution in [-0.4, -0.2) is 13.1 Å². The lowest BCUT2D eigenvalue weighted by atomic mass is 9.70. The van der Waals surface area contributed by atoms with Gasteiger partial charge in [0.15, 0.2) is 0 Å². The van der Waals surface area contributed by atoms with Crippen molar-refractivity contribution in [3.63, 3.8) is 0 Å². The normalized spacial score (nSPS) is 21.3. The Bertz CT molecular complexity index is 398. The second-order valence-electron chi connectivity index (χ2n) is 7.09. The predicted octanol–water partition coefficient (Wildman–Crippen LogP) is 4.34. The number of likely N-dealkylation sites (N-methyl/N-ethyl adjacent to an activating group) is 1. The fraction of sp³-hybridized carbons (Fsp3) is 0.667. The van der Waals surface area contributed by atoms with Crippen molar-refractivity contribution in [3.8, 4) is 0 Å². The van der Waals surface area contributed by atoms with Gasteiger partial charge in [-0.2, -0.15) is 0 Å². The van der Waals surface area contributed by atoms with E-state index in [2.05, 4.69) is 57.4 Å². The second-order valence-corrected chi connectivity index (χ2v) is 7.09. The number of benzene rings is 1. The lowest BCUT2D eigenvalue weighted by molar-refractivity contribution is 0.163. The largest absolute Gasteiger partial charge is 0.316 e.